The molecule has 2 aromatic heterocycles. The normalized spacial score (nSPS) is 14.4. The maximum Gasteiger partial charge on any atom is 0.208 e. The highest BCUT2D eigenvalue weighted by atomic mass is 32.1. The van der Waals surface area contributed by atoms with E-state index in [0.29, 0.717) is 0 Å². The maximum atomic E-state index is 6.30. The molecule has 0 radical (unpaired) electrons. The van der Waals surface area contributed by atoms with Gasteiger partial charge in [0.1, 0.15) is 17.3 Å². The summed E-state index contributed by atoms with van der Waals surface area (Å²) >= 11 is 1.59. The number of hydrogen-bond donors (Lipinski definition) is 2. The summed E-state index contributed by atoms with van der Waals surface area (Å²) in [5.41, 5.74) is 4.03. The molecule has 8 heteroatoms. The fourth-order valence-electron chi connectivity index (χ4n) is 4.25. The summed E-state index contributed by atoms with van der Waals surface area (Å²) in [4.78, 5) is 14.2. The van der Waals surface area contributed by atoms with Crippen molar-refractivity contribution in [1.82, 2.24) is 19.8 Å². The number of aromatic nitrogens is 2. The van der Waals surface area contributed by atoms with Gasteiger partial charge in [-0.2, -0.15) is 0 Å². The maximum absolute atomic E-state index is 6.30. The number of nitrogens with zero attached hydrogens (tertiary/aromatic N) is 4. The van der Waals surface area contributed by atoms with Crippen LogP contribution in [-0.2, 0) is 6.42 Å². The van der Waals surface area contributed by atoms with Crippen LogP contribution < -0.4 is 15.4 Å². The van der Waals surface area contributed by atoms with Gasteiger partial charge >= 0.3 is 0 Å². The molecule has 1 fully saturated rings. The predicted octanol–water partition coefficient (Wildman–Crippen LogP) is 5.96. The van der Waals surface area contributed by atoms with Gasteiger partial charge in [0.15, 0.2) is 0 Å². The lowest BCUT2D eigenvalue weighted by Gasteiger charge is -2.32. The summed E-state index contributed by atoms with van der Waals surface area (Å²) < 4.78 is 6.30. The second-order valence-electron chi connectivity index (χ2n) is 9.22. The Morgan fingerprint density at radius 3 is 2.46 bits per heavy atom. The number of pyridine rings is 1. The number of thiazole rings is 1. The van der Waals surface area contributed by atoms with Crippen molar-refractivity contribution in [3.05, 3.63) is 77.9 Å². The highest BCUT2D eigenvalue weighted by Crippen LogP contribution is 2.39. The molecule has 2 N–H and O–H groups in total. The van der Waals surface area contributed by atoms with Crippen LogP contribution in [0.5, 0.6) is 10.8 Å². The number of hydrogen-bond acceptors (Lipinski definition) is 8. The van der Waals surface area contributed by atoms with E-state index in [1.54, 1.807) is 17.5 Å². The van der Waals surface area contributed by atoms with Crippen LogP contribution in [0.15, 0.2) is 72.9 Å². The number of anilines is 3. The zero-order valence-electron chi connectivity index (χ0n) is 21.5. The van der Waals surface area contributed by atoms with Crippen molar-refractivity contribution >= 4 is 28.5 Å². The van der Waals surface area contributed by atoms with Crippen LogP contribution in [0.25, 0.3) is 11.3 Å². The molecule has 0 spiro atoms. The van der Waals surface area contributed by atoms with Crippen LogP contribution in [0.4, 0.5) is 17.2 Å². The zero-order valence-corrected chi connectivity index (χ0v) is 22.3. The highest BCUT2D eigenvalue weighted by molar-refractivity contribution is 7.14. The quantitative estimate of drug-likeness (QED) is 0.271. The fraction of sp³-hybridized carbons (Fsp3) is 0.310. The molecule has 0 amide bonds. The molecule has 0 bridgehead atoms. The van der Waals surface area contributed by atoms with Crippen molar-refractivity contribution in [2.24, 2.45) is 0 Å². The van der Waals surface area contributed by atoms with Crippen LogP contribution in [0, 0.1) is 0 Å². The SMILES string of the molecule is CCc1nc(-c2ccccc2)c(Oc2ccnc(Nc3ccc(NCCN4CCN(C)CC4)cc3)c2)s1. The first-order valence-corrected chi connectivity index (χ1v) is 13.7. The third kappa shape index (κ3) is 6.85. The van der Waals surface area contributed by atoms with Crippen molar-refractivity contribution in [1.29, 1.82) is 0 Å². The van der Waals surface area contributed by atoms with E-state index >= 15 is 0 Å². The Hall–Kier alpha value is -3.46. The van der Waals surface area contributed by atoms with Gasteiger partial charge in [-0.1, -0.05) is 48.6 Å². The van der Waals surface area contributed by atoms with Gasteiger partial charge in [-0.05, 0) is 43.8 Å². The first-order valence-electron chi connectivity index (χ1n) is 12.9. The van der Waals surface area contributed by atoms with Gasteiger partial charge in [-0.25, -0.2) is 9.97 Å². The lowest BCUT2D eigenvalue weighted by Crippen LogP contribution is -2.45. The zero-order chi connectivity index (χ0) is 25.5. The van der Waals surface area contributed by atoms with Gasteiger partial charge in [-0.3, -0.25) is 4.90 Å². The largest absolute Gasteiger partial charge is 0.444 e. The lowest BCUT2D eigenvalue weighted by molar-refractivity contribution is 0.158. The average molecular weight is 515 g/mol. The number of benzene rings is 2. The van der Waals surface area contributed by atoms with Crippen LogP contribution >= 0.6 is 11.3 Å². The van der Waals surface area contributed by atoms with E-state index in [1.165, 1.54) is 0 Å². The Labute approximate surface area is 223 Å². The van der Waals surface area contributed by atoms with Gasteiger partial charge < -0.3 is 20.3 Å². The Kier molecular flexibility index (Phi) is 8.30. The molecule has 5 rings (SSSR count). The average Bonchev–Trinajstić information content (AvgIpc) is 3.34. The van der Waals surface area contributed by atoms with Crippen molar-refractivity contribution in [2.45, 2.75) is 13.3 Å². The second-order valence-corrected chi connectivity index (χ2v) is 10.3. The first-order chi connectivity index (χ1) is 18.2. The summed E-state index contributed by atoms with van der Waals surface area (Å²) in [6.45, 7) is 8.72. The molecule has 1 saturated heterocycles. The Morgan fingerprint density at radius 2 is 1.70 bits per heavy atom. The van der Waals surface area contributed by atoms with E-state index in [0.717, 1.165) is 90.0 Å². The smallest absolute Gasteiger partial charge is 0.208 e. The van der Waals surface area contributed by atoms with Gasteiger partial charge in [-0.15, -0.1) is 0 Å². The monoisotopic (exact) mass is 514 g/mol. The van der Waals surface area contributed by atoms with Crippen molar-refractivity contribution < 1.29 is 4.74 Å². The molecule has 1 aliphatic rings. The molecule has 0 unspecified atom stereocenters. The van der Waals surface area contributed by atoms with Crippen LogP contribution in [0.3, 0.4) is 0 Å². The molecular formula is C29H34N6OS. The number of ether oxygens (including phenoxy) is 1. The van der Waals surface area contributed by atoms with Crippen molar-refractivity contribution in [3.8, 4) is 22.1 Å². The van der Waals surface area contributed by atoms with Crippen molar-refractivity contribution in [3.63, 3.8) is 0 Å². The molecule has 192 valence electrons. The topological polar surface area (TPSA) is 65.6 Å². The van der Waals surface area contributed by atoms with E-state index in [-0.39, 0.29) is 0 Å². The molecule has 4 aromatic rings. The Morgan fingerprint density at radius 1 is 0.946 bits per heavy atom. The molecule has 37 heavy (non-hydrogen) atoms. The molecule has 3 heterocycles. The standard InChI is InChI=1S/C29H34N6OS/c1-3-27-33-28(22-7-5-4-6-8-22)29(37-27)36-25-13-14-31-26(21-25)32-24-11-9-23(10-12-24)30-15-16-35-19-17-34(2)18-20-35/h4-14,21,30H,3,15-20H2,1-2H3,(H,31,32). The van der Waals surface area contributed by atoms with Gasteiger partial charge in [0.05, 0.1) is 5.01 Å². The Balaban J connectivity index is 1.19. The van der Waals surface area contributed by atoms with E-state index in [4.69, 9.17) is 9.72 Å². The Bertz CT molecular complexity index is 1270. The van der Waals surface area contributed by atoms with Crippen LogP contribution in [0.1, 0.15) is 11.9 Å². The number of aryl methyl sites for hydroxylation is 1. The summed E-state index contributed by atoms with van der Waals surface area (Å²) in [6, 6.07) is 22.3. The molecule has 7 nitrogen and oxygen atoms in total. The minimum atomic E-state index is 0.725. The molecule has 0 atom stereocenters. The summed E-state index contributed by atoms with van der Waals surface area (Å²) in [7, 11) is 2.19. The van der Waals surface area contributed by atoms with E-state index < -0.39 is 0 Å². The molecular weight excluding hydrogens is 480 g/mol. The molecule has 0 saturated carbocycles. The van der Waals surface area contributed by atoms with Crippen LogP contribution in [0.2, 0.25) is 0 Å². The first kappa shape index (κ1) is 25.2. The van der Waals surface area contributed by atoms with Crippen LogP contribution in [-0.4, -0.2) is 66.1 Å². The minimum absolute atomic E-state index is 0.725. The van der Waals surface area contributed by atoms with E-state index in [1.807, 2.05) is 30.3 Å². The van der Waals surface area contributed by atoms with Crippen molar-refractivity contribution in [2.75, 3.05) is 56.9 Å². The van der Waals surface area contributed by atoms with Gasteiger partial charge in [0.2, 0.25) is 5.06 Å². The van der Waals surface area contributed by atoms with Gasteiger partial charge in [0.25, 0.3) is 0 Å². The number of piperazine rings is 1. The molecule has 2 aromatic carbocycles. The number of nitrogens with one attached hydrogen (secondary N) is 2. The van der Waals surface area contributed by atoms with E-state index in [9.17, 15) is 0 Å². The highest BCUT2D eigenvalue weighted by Gasteiger charge is 2.15. The second kappa shape index (κ2) is 12.2. The van der Waals surface area contributed by atoms with E-state index in [2.05, 4.69) is 75.8 Å². The number of rotatable bonds is 10. The predicted molar refractivity (Wildman–Crippen MR) is 153 cm³/mol. The summed E-state index contributed by atoms with van der Waals surface area (Å²) in [5.74, 6) is 1.46. The fourth-order valence-corrected chi connectivity index (χ4v) is 5.14. The summed E-state index contributed by atoms with van der Waals surface area (Å²) in [5, 5.41) is 8.77. The number of likely N-dealkylation sites (N-methyl/N-ethyl adjacent to an activating group) is 1. The third-order valence-corrected chi connectivity index (χ3v) is 7.52. The minimum Gasteiger partial charge on any atom is -0.444 e. The van der Waals surface area contributed by atoms with Gasteiger partial charge in [0, 0.05) is 68.5 Å². The lowest BCUT2D eigenvalue weighted by atomic mass is 10.2. The summed E-state index contributed by atoms with van der Waals surface area (Å²) in [6.07, 6.45) is 2.63. The third-order valence-electron chi connectivity index (χ3n) is 6.44. The molecule has 0 aliphatic carbocycles. The molecule has 1 aliphatic heterocycles.